The van der Waals surface area contributed by atoms with E-state index in [1.165, 1.54) is 29.5 Å². The zero-order valence-corrected chi connectivity index (χ0v) is 16.5. The number of Topliss-reactive ketones (excluding diaryl/α,β-unsaturated/α-hetero) is 1. The monoisotopic (exact) mass is 437 g/mol. The number of rotatable bonds is 4. The Balaban J connectivity index is 1.35. The molecule has 4 aromatic rings. The Labute approximate surface area is 179 Å². The van der Waals surface area contributed by atoms with Gasteiger partial charge in [-0.25, -0.2) is 4.39 Å². The smallest absolute Gasteiger partial charge is 0.295 e. The fraction of sp³-hybridized carbons (Fsp3) is 0.200. The number of benzene rings is 1. The molecule has 1 aromatic carbocycles. The number of hydrogen-bond donors (Lipinski definition) is 2. The summed E-state index contributed by atoms with van der Waals surface area (Å²) in [4.78, 5) is 43.9. The van der Waals surface area contributed by atoms with Gasteiger partial charge < -0.3 is 19.2 Å². The highest BCUT2D eigenvalue weighted by molar-refractivity contribution is 6.45. The molecule has 3 aromatic heterocycles. The summed E-state index contributed by atoms with van der Waals surface area (Å²) in [5.74, 6) is -2.10. The van der Waals surface area contributed by atoms with Gasteiger partial charge in [0.2, 0.25) is 5.82 Å². The lowest BCUT2D eigenvalue weighted by atomic mass is 10.0. The number of furan rings is 1. The molecule has 12 heteroatoms. The predicted molar refractivity (Wildman–Crippen MR) is 107 cm³/mol. The molecule has 4 heterocycles. The third-order valence-corrected chi connectivity index (χ3v) is 5.40. The van der Waals surface area contributed by atoms with E-state index in [9.17, 15) is 18.8 Å². The summed E-state index contributed by atoms with van der Waals surface area (Å²) in [7, 11) is 0. The van der Waals surface area contributed by atoms with Gasteiger partial charge in [-0.05, 0) is 29.5 Å². The van der Waals surface area contributed by atoms with Crippen molar-refractivity contribution in [2.24, 2.45) is 0 Å². The minimum Gasteiger partial charge on any atom is -0.459 e. The zero-order valence-electron chi connectivity index (χ0n) is 16.5. The van der Waals surface area contributed by atoms with Crippen molar-refractivity contribution in [1.29, 1.82) is 0 Å². The molecule has 2 N–H and O–H groups in total. The van der Waals surface area contributed by atoms with Gasteiger partial charge in [0.15, 0.2) is 5.76 Å². The number of amides is 2. The molecule has 0 aliphatic carbocycles. The molecule has 1 aliphatic heterocycles. The summed E-state index contributed by atoms with van der Waals surface area (Å²) in [6.07, 6.45) is 2.71. The lowest BCUT2D eigenvalue weighted by Crippen LogP contribution is -2.52. The summed E-state index contributed by atoms with van der Waals surface area (Å²) in [6, 6.07) is 5.83. The van der Waals surface area contributed by atoms with Gasteiger partial charge >= 0.3 is 0 Å². The Hall–Kier alpha value is -4.35. The Morgan fingerprint density at radius 2 is 1.84 bits per heavy atom. The molecule has 0 radical (unpaired) electrons. The number of fused-ring (bicyclic) bond motifs is 1. The van der Waals surface area contributed by atoms with Crippen LogP contribution in [-0.4, -0.2) is 79.2 Å². The largest absolute Gasteiger partial charge is 0.459 e. The van der Waals surface area contributed by atoms with Crippen molar-refractivity contribution in [3.8, 4) is 11.4 Å². The SMILES string of the molecule is O=C(C(=O)N1CCN(C(=O)c2ccco2)CC1)c1c[nH]c2c(-c3nn[nH]n3)ccc(F)c12. The van der Waals surface area contributed by atoms with Gasteiger partial charge in [0.1, 0.15) is 5.82 Å². The highest BCUT2D eigenvalue weighted by Gasteiger charge is 2.31. The van der Waals surface area contributed by atoms with Crippen molar-refractivity contribution in [3.05, 3.63) is 53.9 Å². The van der Waals surface area contributed by atoms with E-state index in [4.69, 9.17) is 4.42 Å². The van der Waals surface area contributed by atoms with Crippen LogP contribution in [0.3, 0.4) is 0 Å². The number of nitrogens with one attached hydrogen (secondary N) is 2. The topological polar surface area (TPSA) is 141 Å². The quantitative estimate of drug-likeness (QED) is 0.361. The minimum atomic E-state index is -0.841. The van der Waals surface area contributed by atoms with E-state index in [0.717, 1.165) is 0 Å². The molecule has 32 heavy (non-hydrogen) atoms. The third kappa shape index (κ3) is 3.21. The molecule has 0 atom stereocenters. The maximum Gasteiger partial charge on any atom is 0.295 e. The fourth-order valence-corrected chi connectivity index (χ4v) is 3.78. The van der Waals surface area contributed by atoms with E-state index >= 15 is 0 Å². The van der Waals surface area contributed by atoms with E-state index in [2.05, 4.69) is 25.6 Å². The first-order chi connectivity index (χ1) is 15.5. The standard InChI is InChI=1S/C20H16FN7O4/c21-13-4-3-11(18-23-25-26-24-18)16-15(13)12(10-22-16)17(29)20(31)28-7-5-27(6-8-28)19(30)14-2-1-9-32-14/h1-4,9-10,22H,5-8H2,(H,23,24,25,26). The number of nitrogens with zero attached hydrogens (tertiary/aromatic N) is 5. The van der Waals surface area contributed by atoms with Crippen molar-refractivity contribution in [1.82, 2.24) is 35.4 Å². The van der Waals surface area contributed by atoms with Crippen molar-refractivity contribution >= 4 is 28.5 Å². The molecule has 2 amide bonds. The van der Waals surface area contributed by atoms with Crippen LogP contribution in [0.1, 0.15) is 20.9 Å². The van der Waals surface area contributed by atoms with Crippen LogP contribution < -0.4 is 0 Å². The van der Waals surface area contributed by atoms with Crippen molar-refractivity contribution in [2.75, 3.05) is 26.2 Å². The van der Waals surface area contributed by atoms with E-state index in [1.807, 2.05) is 0 Å². The first kappa shape index (κ1) is 19.6. The van der Waals surface area contributed by atoms with Crippen LogP contribution in [-0.2, 0) is 4.79 Å². The van der Waals surface area contributed by atoms with E-state index in [-0.39, 0.29) is 60.1 Å². The van der Waals surface area contributed by atoms with Crippen LogP contribution in [0.15, 0.2) is 41.1 Å². The Bertz CT molecular complexity index is 1310. The first-order valence-corrected chi connectivity index (χ1v) is 9.74. The van der Waals surface area contributed by atoms with E-state index in [0.29, 0.717) is 5.56 Å². The van der Waals surface area contributed by atoms with Crippen LogP contribution in [0.4, 0.5) is 4.39 Å². The van der Waals surface area contributed by atoms with Crippen LogP contribution in [0.25, 0.3) is 22.3 Å². The summed E-state index contributed by atoms with van der Waals surface area (Å²) in [5.41, 5.74) is 0.644. The number of aromatic nitrogens is 5. The van der Waals surface area contributed by atoms with Crippen LogP contribution in [0.2, 0.25) is 0 Å². The molecule has 0 unspecified atom stereocenters. The van der Waals surface area contributed by atoms with Crippen molar-refractivity contribution < 1.29 is 23.2 Å². The van der Waals surface area contributed by atoms with Gasteiger partial charge in [-0.15, -0.1) is 10.2 Å². The normalized spacial score (nSPS) is 14.2. The average Bonchev–Trinajstić information content (AvgIpc) is 3.60. The molecule has 1 aliphatic rings. The second kappa shape index (κ2) is 7.72. The predicted octanol–water partition coefficient (Wildman–Crippen LogP) is 1.25. The first-order valence-electron chi connectivity index (χ1n) is 9.74. The minimum absolute atomic E-state index is 0.0164. The lowest BCUT2D eigenvalue weighted by Gasteiger charge is -2.33. The molecule has 1 fully saturated rings. The maximum atomic E-state index is 14.6. The molecule has 0 spiro atoms. The number of carbonyl (C=O) groups excluding carboxylic acids is 3. The number of aromatic amines is 2. The highest BCUT2D eigenvalue weighted by atomic mass is 19.1. The summed E-state index contributed by atoms with van der Waals surface area (Å²) in [6.45, 7) is 0.859. The van der Waals surface area contributed by atoms with E-state index < -0.39 is 17.5 Å². The molecule has 0 bridgehead atoms. The van der Waals surface area contributed by atoms with Crippen LogP contribution >= 0.6 is 0 Å². The number of halogens is 1. The molecule has 5 rings (SSSR count). The van der Waals surface area contributed by atoms with Crippen LogP contribution in [0.5, 0.6) is 0 Å². The Morgan fingerprint density at radius 3 is 2.53 bits per heavy atom. The zero-order chi connectivity index (χ0) is 22.2. The van der Waals surface area contributed by atoms with Crippen molar-refractivity contribution in [2.45, 2.75) is 0 Å². The van der Waals surface area contributed by atoms with Gasteiger partial charge in [-0.1, -0.05) is 0 Å². The second-order valence-electron chi connectivity index (χ2n) is 7.17. The van der Waals surface area contributed by atoms with Crippen molar-refractivity contribution in [3.63, 3.8) is 0 Å². The number of ketones is 1. The Morgan fingerprint density at radius 1 is 1.06 bits per heavy atom. The van der Waals surface area contributed by atoms with Gasteiger partial charge in [0, 0.05) is 43.3 Å². The van der Waals surface area contributed by atoms with Gasteiger partial charge in [0.25, 0.3) is 17.6 Å². The number of tetrazole rings is 1. The molecular formula is C20H16FN7O4. The molecule has 1 saturated heterocycles. The average molecular weight is 437 g/mol. The maximum absolute atomic E-state index is 14.6. The molecular weight excluding hydrogens is 421 g/mol. The van der Waals surface area contributed by atoms with E-state index in [1.54, 1.807) is 17.0 Å². The Kier molecular flexibility index (Phi) is 4.73. The molecule has 11 nitrogen and oxygen atoms in total. The second-order valence-corrected chi connectivity index (χ2v) is 7.17. The number of piperazine rings is 1. The van der Waals surface area contributed by atoms with Gasteiger partial charge in [-0.3, -0.25) is 14.4 Å². The van der Waals surface area contributed by atoms with Gasteiger partial charge in [-0.2, -0.15) is 5.21 Å². The molecule has 0 saturated carbocycles. The third-order valence-electron chi connectivity index (χ3n) is 5.40. The van der Waals surface area contributed by atoms with Crippen LogP contribution in [0, 0.1) is 5.82 Å². The fourth-order valence-electron chi connectivity index (χ4n) is 3.78. The van der Waals surface area contributed by atoms with Gasteiger partial charge in [0.05, 0.1) is 17.3 Å². The summed E-state index contributed by atoms with van der Waals surface area (Å²) in [5, 5.41) is 13.6. The number of carbonyl (C=O) groups is 3. The molecule has 162 valence electrons. The lowest BCUT2D eigenvalue weighted by molar-refractivity contribution is -0.127. The summed E-state index contributed by atoms with van der Waals surface area (Å²) < 4.78 is 19.7. The number of hydrogen-bond acceptors (Lipinski definition) is 7. The highest BCUT2D eigenvalue weighted by Crippen LogP contribution is 2.30. The number of H-pyrrole nitrogens is 2. The summed E-state index contributed by atoms with van der Waals surface area (Å²) >= 11 is 0.